The molecule has 5 nitrogen and oxygen atoms in total. The van der Waals surface area contributed by atoms with Gasteiger partial charge in [0.05, 0.1) is 19.8 Å². The van der Waals surface area contributed by atoms with Gasteiger partial charge >= 0.3 is 0 Å². The maximum absolute atomic E-state index is 13.2. The molecule has 2 rings (SSSR count). The van der Waals surface area contributed by atoms with Gasteiger partial charge in [-0.25, -0.2) is 0 Å². The fourth-order valence-corrected chi connectivity index (χ4v) is 3.48. The molecule has 1 amide bonds. The monoisotopic (exact) mass is 349 g/mol. The van der Waals surface area contributed by atoms with Gasteiger partial charge in [-0.05, 0) is 66.0 Å². The Labute approximate surface area is 151 Å². The van der Waals surface area contributed by atoms with Gasteiger partial charge in [0.25, 0.3) is 5.91 Å². The Hall–Kier alpha value is -1.91. The highest BCUT2D eigenvalue weighted by Crippen LogP contribution is 2.40. The summed E-state index contributed by atoms with van der Waals surface area (Å²) in [6, 6.07) is 4.06. The molecule has 0 N–H and O–H groups in total. The molecule has 0 spiro atoms. The summed E-state index contributed by atoms with van der Waals surface area (Å²) < 4.78 is 17.2. The molecule has 1 aromatic rings. The number of ether oxygens (including phenoxy) is 3. The van der Waals surface area contributed by atoms with Crippen molar-refractivity contribution in [3.05, 3.63) is 17.7 Å². The molecule has 1 heterocycles. The van der Waals surface area contributed by atoms with Crippen LogP contribution >= 0.6 is 0 Å². The van der Waals surface area contributed by atoms with E-state index in [1.807, 2.05) is 25.7 Å². The van der Waals surface area contributed by atoms with Crippen LogP contribution in [0, 0.1) is 0 Å². The lowest BCUT2D eigenvalue weighted by atomic mass is 9.96. The van der Waals surface area contributed by atoms with E-state index >= 15 is 0 Å². The fourth-order valence-electron chi connectivity index (χ4n) is 3.48. The van der Waals surface area contributed by atoms with Crippen LogP contribution in [0.4, 0.5) is 0 Å². The minimum Gasteiger partial charge on any atom is -0.490 e. The van der Waals surface area contributed by atoms with E-state index in [9.17, 15) is 4.79 Å². The third kappa shape index (κ3) is 4.39. The Morgan fingerprint density at radius 3 is 1.88 bits per heavy atom. The molecule has 0 aliphatic carbocycles. The molecule has 1 saturated heterocycles. The first-order valence-corrected chi connectivity index (χ1v) is 9.42. The number of likely N-dealkylation sites (tertiary alicyclic amines) is 1. The standard InChI is InChI=1S/C20H31NO4/c1-6-23-17-12-16(13-18(24-7-2)19(17)25-8-3)20(22)21-14(4)10-9-11-15(21)5/h12-15H,6-11H2,1-5H3. The Balaban J connectivity index is 2.43. The van der Waals surface area contributed by atoms with E-state index in [-0.39, 0.29) is 18.0 Å². The molecule has 1 fully saturated rings. The van der Waals surface area contributed by atoms with Crippen molar-refractivity contribution >= 4 is 5.91 Å². The summed E-state index contributed by atoms with van der Waals surface area (Å²) in [5.41, 5.74) is 0.593. The Bertz CT molecular complexity index is 550. The molecule has 1 aromatic carbocycles. The number of carbonyl (C=O) groups excluding carboxylic acids is 1. The van der Waals surface area contributed by atoms with Crippen molar-refractivity contribution < 1.29 is 19.0 Å². The minimum absolute atomic E-state index is 0.0321. The topological polar surface area (TPSA) is 48.0 Å². The van der Waals surface area contributed by atoms with E-state index in [1.165, 1.54) is 6.42 Å². The lowest BCUT2D eigenvalue weighted by Crippen LogP contribution is -2.47. The van der Waals surface area contributed by atoms with Crippen molar-refractivity contribution in [1.29, 1.82) is 0 Å². The first-order valence-electron chi connectivity index (χ1n) is 9.42. The Kier molecular flexibility index (Phi) is 6.97. The predicted octanol–water partition coefficient (Wildman–Crippen LogP) is 4.29. The second-order valence-electron chi connectivity index (χ2n) is 6.44. The summed E-state index contributed by atoms with van der Waals surface area (Å²) in [6.45, 7) is 11.5. The summed E-state index contributed by atoms with van der Waals surface area (Å²) in [7, 11) is 0. The van der Waals surface area contributed by atoms with Crippen LogP contribution in [-0.4, -0.2) is 42.7 Å². The van der Waals surface area contributed by atoms with Crippen molar-refractivity contribution in [2.45, 2.75) is 66.0 Å². The largest absolute Gasteiger partial charge is 0.490 e. The van der Waals surface area contributed by atoms with Gasteiger partial charge in [0.1, 0.15) is 0 Å². The number of nitrogens with zero attached hydrogens (tertiary/aromatic N) is 1. The van der Waals surface area contributed by atoms with Crippen LogP contribution in [-0.2, 0) is 0 Å². The molecule has 140 valence electrons. The van der Waals surface area contributed by atoms with Gasteiger partial charge in [0.15, 0.2) is 11.5 Å². The molecular formula is C20H31NO4. The Morgan fingerprint density at radius 2 is 1.44 bits per heavy atom. The molecule has 0 aromatic heterocycles. The maximum Gasteiger partial charge on any atom is 0.254 e. The van der Waals surface area contributed by atoms with Crippen molar-refractivity contribution in [3.63, 3.8) is 0 Å². The highest BCUT2D eigenvalue weighted by molar-refractivity contribution is 5.96. The smallest absolute Gasteiger partial charge is 0.254 e. The maximum atomic E-state index is 13.2. The number of hydrogen-bond acceptors (Lipinski definition) is 4. The molecule has 0 bridgehead atoms. The second kappa shape index (κ2) is 8.97. The molecule has 2 atom stereocenters. The zero-order chi connectivity index (χ0) is 18.4. The van der Waals surface area contributed by atoms with Crippen molar-refractivity contribution in [1.82, 2.24) is 4.90 Å². The van der Waals surface area contributed by atoms with Gasteiger partial charge < -0.3 is 19.1 Å². The number of piperidine rings is 1. The lowest BCUT2D eigenvalue weighted by Gasteiger charge is -2.39. The third-order valence-corrected chi connectivity index (χ3v) is 4.58. The SMILES string of the molecule is CCOc1cc(C(=O)N2C(C)CCCC2C)cc(OCC)c1OCC. The van der Waals surface area contributed by atoms with Gasteiger partial charge in [-0.2, -0.15) is 0 Å². The second-order valence-corrected chi connectivity index (χ2v) is 6.44. The van der Waals surface area contributed by atoms with Gasteiger partial charge in [-0.15, -0.1) is 0 Å². The number of amides is 1. The zero-order valence-corrected chi connectivity index (χ0v) is 16.1. The molecule has 25 heavy (non-hydrogen) atoms. The molecule has 0 saturated carbocycles. The van der Waals surface area contributed by atoms with E-state index in [4.69, 9.17) is 14.2 Å². The number of hydrogen-bond donors (Lipinski definition) is 0. The third-order valence-electron chi connectivity index (χ3n) is 4.58. The first-order chi connectivity index (χ1) is 12.0. The van der Waals surface area contributed by atoms with Gasteiger partial charge in [-0.1, -0.05) is 0 Å². The Morgan fingerprint density at radius 1 is 0.960 bits per heavy atom. The highest BCUT2D eigenvalue weighted by atomic mass is 16.5. The minimum atomic E-state index is 0.0321. The van der Waals surface area contributed by atoms with Crippen molar-refractivity contribution in [2.24, 2.45) is 0 Å². The van der Waals surface area contributed by atoms with Crippen LogP contribution in [0.5, 0.6) is 17.2 Å². The van der Waals surface area contributed by atoms with E-state index in [0.717, 1.165) is 12.8 Å². The number of carbonyl (C=O) groups is 1. The normalized spacial score (nSPS) is 20.3. The fraction of sp³-hybridized carbons (Fsp3) is 0.650. The molecule has 5 heteroatoms. The number of benzene rings is 1. The summed E-state index contributed by atoms with van der Waals surface area (Å²) in [5.74, 6) is 1.74. The zero-order valence-electron chi connectivity index (χ0n) is 16.1. The van der Waals surface area contributed by atoms with Crippen LogP contribution in [0.1, 0.15) is 64.2 Å². The van der Waals surface area contributed by atoms with Crippen molar-refractivity contribution in [2.75, 3.05) is 19.8 Å². The van der Waals surface area contributed by atoms with Crippen LogP contribution in [0.15, 0.2) is 12.1 Å². The predicted molar refractivity (Wildman–Crippen MR) is 98.9 cm³/mol. The number of rotatable bonds is 7. The van der Waals surface area contributed by atoms with Crippen LogP contribution in [0.2, 0.25) is 0 Å². The molecular weight excluding hydrogens is 318 g/mol. The molecule has 2 unspecified atom stereocenters. The average molecular weight is 349 g/mol. The van der Waals surface area contributed by atoms with Crippen LogP contribution < -0.4 is 14.2 Å². The lowest BCUT2D eigenvalue weighted by molar-refractivity contribution is 0.0509. The average Bonchev–Trinajstić information content (AvgIpc) is 2.57. The summed E-state index contributed by atoms with van der Waals surface area (Å²) in [4.78, 5) is 15.2. The van der Waals surface area contributed by atoms with Crippen LogP contribution in [0.3, 0.4) is 0 Å². The van der Waals surface area contributed by atoms with Gasteiger partial charge in [0, 0.05) is 17.6 Å². The molecule has 0 radical (unpaired) electrons. The summed E-state index contributed by atoms with van der Waals surface area (Å²) in [6.07, 6.45) is 3.26. The van der Waals surface area contributed by atoms with E-state index < -0.39 is 0 Å². The summed E-state index contributed by atoms with van der Waals surface area (Å²) >= 11 is 0. The van der Waals surface area contributed by atoms with E-state index in [2.05, 4.69) is 13.8 Å². The highest BCUT2D eigenvalue weighted by Gasteiger charge is 2.31. The first kappa shape index (κ1) is 19.4. The molecule has 1 aliphatic heterocycles. The van der Waals surface area contributed by atoms with Gasteiger partial charge in [0.2, 0.25) is 5.75 Å². The van der Waals surface area contributed by atoms with Crippen molar-refractivity contribution in [3.8, 4) is 17.2 Å². The van der Waals surface area contributed by atoms with Crippen LogP contribution in [0.25, 0.3) is 0 Å². The van der Waals surface area contributed by atoms with E-state index in [1.54, 1.807) is 12.1 Å². The van der Waals surface area contributed by atoms with E-state index in [0.29, 0.717) is 42.6 Å². The van der Waals surface area contributed by atoms with Gasteiger partial charge in [-0.3, -0.25) is 4.79 Å². The molecule has 1 aliphatic rings. The quantitative estimate of drug-likeness (QED) is 0.737. The summed E-state index contributed by atoms with van der Waals surface area (Å²) in [5, 5.41) is 0.